The van der Waals surface area contributed by atoms with Crippen LogP contribution < -0.4 is 5.32 Å². The summed E-state index contributed by atoms with van der Waals surface area (Å²) in [5, 5.41) is 12.1. The predicted molar refractivity (Wildman–Crippen MR) is 99.9 cm³/mol. The van der Waals surface area contributed by atoms with Gasteiger partial charge >= 0.3 is 5.97 Å². The summed E-state index contributed by atoms with van der Waals surface area (Å²) in [6, 6.07) is 16.5. The number of piperidine rings is 1. The summed E-state index contributed by atoms with van der Waals surface area (Å²) >= 11 is 0. The van der Waals surface area contributed by atoms with Crippen LogP contribution in [0.1, 0.15) is 46.9 Å². The lowest BCUT2D eigenvalue weighted by Gasteiger charge is -2.35. The van der Waals surface area contributed by atoms with E-state index in [0.29, 0.717) is 0 Å². The topological polar surface area (TPSA) is 69.6 Å². The van der Waals surface area contributed by atoms with Crippen molar-refractivity contribution in [2.45, 2.75) is 31.8 Å². The maximum Gasteiger partial charge on any atom is 0.335 e. The zero-order valence-corrected chi connectivity index (χ0v) is 14.7. The molecule has 1 saturated heterocycles. The fraction of sp³-hybridized carbons (Fsp3) is 0.333. The van der Waals surface area contributed by atoms with Crippen molar-refractivity contribution in [1.82, 2.24) is 10.2 Å². The molecule has 5 heteroatoms. The third-order valence-electron chi connectivity index (χ3n) is 4.73. The molecule has 1 aliphatic heterocycles. The van der Waals surface area contributed by atoms with Crippen LogP contribution in [0.2, 0.25) is 0 Å². The molecule has 3 rings (SSSR count). The average molecular weight is 352 g/mol. The van der Waals surface area contributed by atoms with Gasteiger partial charge in [0, 0.05) is 13.1 Å². The van der Waals surface area contributed by atoms with E-state index in [9.17, 15) is 9.59 Å². The summed E-state index contributed by atoms with van der Waals surface area (Å²) in [6.07, 6.45) is 3.65. The van der Waals surface area contributed by atoms with Gasteiger partial charge in [0.15, 0.2) is 0 Å². The second-order valence-corrected chi connectivity index (χ2v) is 6.66. The summed E-state index contributed by atoms with van der Waals surface area (Å²) in [5.74, 6) is -1.03. The molecule has 2 aromatic carbocycles. The number of rotatable bonds is 6. The number of carboxylic acid groups (broad SMARTS) is 1. The molecule has 0 bridgehead atoms. The smallest absolute Gasteiger partial charge is 0.335 e. The van der Waals surface area contributed by atoms with E-state index in [1.165, 1.54) is 18.6 Å². The summed E-state index contributed by atoms with van der Waals surface area (Å²) in [5.41, 5.74) is 2.12. The standard InChI is InChI=1S/C21H24N2O3/c24-19(15-16-9-11-18(12-10-16)21(25)26)22-20(17-7-3-1-4-8-17)23-13-5-2-6-14-23/h1,3-4,7-12,20H,2,5-6,13-15H2,(H,22,24)(H,25,26)/t20-/m1/s1. The minimum absolute atomic E-state index is 0.0625. The van der Waals surface area contributed by atoms with Crippen LogP contribution in [0, 0.1) is 0 Å². The summed E-state index contributed by atoms with van der Waals surface area (Å²) in [4.78, 5) is 25.9. The third kappa shape index (κ3) is 4.70. The van der Waals surface area contributed by atoms with Crippen LogP contribution in [-0.4, -0.2) is 35.0 Å². The maximum absolute atomic E-state index is 12.6. The Morgan fingerprint density at radius 1 is 0.962 bits per heavy atom. The molecular formula is C21H24N2O3. The molecule has 2 N–H and O–H groups in total. The molecule has 2 aromatic rings. The van der Waals surface area contributed by atoms with E-state index in [0.717, 1.165) is 37.1 Å². The Kier molecular flexibility index (Phi) is 6.02. The number of carbonyl (C=O) groups is 2. The van der Waals surface area contributed by atoms with Crippen molar-refractivity contribution in [1.29, 1.82) is 0 Å². The van der Waals surface area contributed by atoms with Gasteiger partial charge in [-0.05, 0) is 36.1 Å². The number of carboxylic acids is 1. The first kappa shape index (κ1) is 18.1. The van der Waals surface area contributed by atoms with Crippen LogP contribution in [0.3, 0.4) is 0 Å². The summed E-state index contributed by atoms with van der Waals surface area (Å²) < 4.78 is 0. The molecule has 1 fully saturated rings. The number of amides is 1. The first-order valence-electron chi connectivity index (χ1n) is 9.04. The van der Waals surface area contributed by atoms with Crippen LogP contribution in [0.5, 0.6) is 0 Å². The molecule has 0 radical (unpaired) electrons. The lowest BCUT2D eigenvalue weighted by Crippen LogP contribution is -2.44. The highest BCUT2D eigenvalue weighted by Crippen LogP contribution is 2.22. The molecule has 0 spiro atoms. The molecule has 136 valence electrons. The van der Waals surface area contributed by atoms with Gasteiger partial charge < -0.3 is 10.4 Å². The number of benzene rings is 2. The maximum atomic E-state index is 12.6. The first-order valence-corrected chi connectivity index (χ1v) is 9.04. The van der Waals surface area contributed by atoms with Crippen LogP contribution >= 0.6 is 0 Å². The van der Waals surface area contributed by atoms with Gasteiger partial charge in [0.05, 0.1) is 12.0 Å². The van der Waals surface area contributed by atoms with Crippen molar-refractivity contribution in [3.63, 3.8) is 0 Å². The van der Waals surface area contributed by atoms with Crippen molar-refractivity contribution < 1.29 is 14.7 Å². The fourth-order valence-corrected chi connectivity index (χ4v) is 3.35. The molecule has 1 amide bonds. The molecule has 0 aliphatic carbocycles. The first-order chi connectivity index (χ1) is 12.6. The number of hydrogen-bond donors (Lipinski definition) is 2. The number of hydrogen-bond acceptors (Lipinski definition) is 3. The van der Waals surface area contributed by atoms with Crippen molar-refractivity contribution in [3.05, 3.63) is 71.3 Å². The van der Waals surface area contributed by atoms with Gasteiger partial charge in [0.2, 0.25) is 5.91 Å². The second kappa shape index (κ2) is 8.63. The third-order valence-corrected chi connectivity index (χ3v) is 4.73. The number of likely N-dealkylation sites (tertiary alicyclic amines) is 1. The highest BCUT2D eigenvalue weighted by atomic mass is 16.4. The Balaban J connectivity index is 1.69. The van der Waals surface area contributed by atoms with Gasteiger partial charge in [-0.15, -0.1) is 0 Å². The van der Waals surface area contributed by atoms with Crippen molar-refractivity contribution in [2.24, 2.45) is 0 Å². The number of nitrogens with zero attached hydrogens (tertiary/aromatic N) is 1. The minimum Gasteiger partial charge on any atom is -0.478 e. The quantitative estimate of drug-likeness (QED) is 0.837. The SMILES string of the molecule is O=C(Cc1ccc(C(=O)O)cc1)N[C@@H](c1ccccc1)N1CCCCC1. The fourth-order valence-electron chi connectivity index (χ4n) is 3.35. The van der Waals surface area contributed by atoms with E-state index in [2.05, 4.69) is 10.2 Å². The minimum atomic E-state index is -0.963. The molecule has 1 atom stereocenters. The average Bonchev–Trinajstić information content (AvgIpc) is 2.68. The molecule has 1 heterocycles. The van der Waals surface area contributed by atoms with Crippen molar-refractivity contribution >= 4 is 11.9 Å². The number of carbonyl (C=O) groups excluding carboxylic acids is 1. The molecule has 26 heavy (non-hydrogen) atoms. The van der Waals surface area contributed by atoms with Crippen LogP contribution in [0.25, 0.3) is 0 Å². The molecule has 5 nitrogen and oxygen atoms in total. The molecular weight excluding hydrogens is 328 g/mol. The lowest BCUT2D eigenvalue weighted by atomic mass is 10.1. The van der Waals surface area contributed by atoms with Gasteiger partial charge in [-0.1, -0.05) is 48.9 Å². The molecule has 0 saturated carbocycles. The van der Waals surface area contributed by atoms with Gasteiger partial charge in [-0.25, -0.2) is 4.79 Å². The van der Waals surface area contributed by atoms with E-state index in [1.807, 2.05) is 30.3 Å². The molecule has 0 aromatic heterocycles. The summed E-state index contributed by atoms with van der Waals surface area (Å²) in [7, 11) is 0. The Hall–Kier alpha value is -2.66. The highest BCUT2D eigenvalue weighted by Gasteiger charge is 2.23. The normalized spacial score (nSPS) is 16.0. The van der Waals surface area contributed by atoms with Crippen molar-refractivity contribution in [3.8, 4) is 0 Å². The Morgan fingerprint density at radius 2 is 1.62 bits per heavy atom. The largest absolute Gasteiger partial charge is 0.478 e. The van der Waals surface area contributed by atoms with Gasteiger partial charge in [-0.3, -0.25) is 9.69 Å². The zero-order chi connectivity index (χ0) is 18.4. The Bertz CT molecular complexity index is 738. The summed E-state index contributed by atoms with van der Waals surface area (Å²) in [6.45, 7) is 1.96. The number of aromatic carboxylic acids is 1. The Labute approximate surface area is 153 Å². The highest BCUT2D eigenvalue weighted by molar-refractivity contribution is 5.87. The van der Waals surface area contributed by atoms with Crippen molar-refractivity contribution in [2.75, 3.05) is 13.1 Å². The van der Waals surface area contributed by atoms with E-state index in [4.69, 9.17) is 5.11 Å². The predicted octanol–water partition coefficient (Wildman–Crippen LogP) is 3.23. The molecule has 0 unspecified atom stereocenters. The van der Waals surface area contributed by atoms with Gasteiger partial charge in [0.25, 0.3) is 0 Å². The van der Waals surface area contributed by atoms with Gasteiger partial charge in [0.1, 0.15) is 6.17 Å². The second-order valence-electron chi connectivity index (χ2n) is 6.66. The van der Waals surface area contributed by atoms with E-state index in [1.54, 1.807) is 12.1 Å². The van der Waals surface area contributed by atoms with E-state index in [-0.39, 0.29) is 24.1 Å². The number of nitrogens with one attached hydrogen (secondary N) is 1. The van der Waals surface area contributed by atoms with E-state index < -0.39 is 5.97 Å². The Morgan fingerprint density at radius 3 is 2.23 bits per heavy atom. The lowest BCUT2D eigenvalue weighted by molar-refractivity contribution is -0.122. The van der Waals surface area contributed by atoms with Gasteiger partial charge in [-0.2, -0.15) is 0 Å². The van der Waals surface area contributed by atoms with Crippen LogP contribution in [-0.2, 0) is 11.2 Å². The van der Waals surface area contributed by atoms with Crippen LogP contribution in [0.15, 0.2) is 54.6 Å². The van der Waals surface area contributed by atoms with E-state index >= 15 is 0 Å². The van der Waals surface area contributed by atoms with Crippen LogP contribution in [0.4, 0.5) is 0 Å². The zero-order valence-electron chi connectivity index (χ0n) is 14.7. The monoisotopic (exact) mass is 352 g/mol. The molecule has 1 aliphatic rings.